The molecule has 3 aromatic rings. The van der Waals surface area contributed by atoms with Crippen LogP contribution in [0.1, 0.15) is 33.3 Å². The lowest BCUT2D eigenvalue weighted by molar-refractivity contribution is -0.114. The van der Waals surface area contributed by atoms with Gasteiger partial charge in [-0.25, -0.2) is 0 Å². The number of anilines is 5. The van der Waals surface area contributed by atoms with Crippen molar-refractivity contribution in [2.45, 2.75) is 33.1 Å². The summed E-state index contributed by atoms with van der Waals surface area (Å²) < 4.78 is 0. The Morgan fingerprint density at radius 1 is 0.857 bits per heavy atom. The van der Waals surface area contributed by atoms with Gasteiger partial charge in [0.25, 0.3) is 0 Å². The third-order valence-electron chi connectivity index (χ3n) is 4.04. The fourth-order valence-corrected chi connectivity index (χ4v) is 2.59. The first-order chi connectivity index (χ1) is 13.3. The van der Waals surface area contributed by atoms with E-state index in [1.807, 2.05) is 24.3 Å². The van der Waals surface area contributed by atoms with Gasteiger partial charge in [0.2, 0.25) is 11.9 Å². The van der Waals surface area contributed by atoms with Gasteiger partial charge in [-0.15, -0.1) is 5.10 Å². The molecular formula is C21H24N6O. The van der Waals surface area contributed by atoms with Crippen LogP contribution in [-0.4, -0.2) is 21.1 Å². The maximum absolute atomic E-state index is 11.1. The molecule has 0 aliphatic carbocycles. The Morgan fingerprint density at radius 2 is 1.43 bits per heavy atom. The zero-order chi connectivity index (χ0) is 20.1. The van der Waals surface area contributed by atoms with Crippen LogP contribution >= 0.6 is 0 Å². The van der Waals surface area contributed by atoms with Gasteiger partial charge in [0.15, 0.2) is 5.82 Å². The van der Waals surface area contributed by atoms with E-state index in [-0.39, 0.29) is 11.3 Å². The minimum Gasteiger partial charge on any atom is -0.339 e. The van der Waals surface area contributed by atoms with Gasteiger partial charge in [-0.1, -0.05) is 32.9 Å². The molecule has 2 aromatic carbocycles. The lowest BCUT2D eigenvalue weighted by atomic mass is 9.87. The summed E-state index contributed by atoms with van der Waals surface area (Å²) >= 11 is 0. The second kappa shape index (κ2) is 8.04. The summed E-state index contributed by atoms with van der Waals surface area (Å²) in [6.07, 6.45) is 1.57. The maximum Gasteiger partial charge on any atom is 0.249 e. The highest BCUT2D eigenvalue weighted by atomic mass is 16.1. The quantitative estimate of drug-likeness (QED) is 0.602. The average Bonchev–Trinajstić information content (AvgIpc) is 2.63. The second-order valence-electron chi connectivity index (χ2n) is 7.50. The van der Waals surface area contributed by atoms with Crippen LogP contribution in [0.2, 0.25) is 0 Å². The lowest BCUT2D eigenvalue weighted by Crippen LogP contribution is -2.10. The van der Waals surface area contributed by atoms with E-state index in [0.29, 0.717) is 11.8 Å². The fraction of sp³-hybridized carbons (Fsp3) is 0.238. The largest absolute Gasteiger partial charge is 0.339 e. The summed E-state index contributed by atoms with van der Waals surface area (Å²) in [6, 6.07) is 15.5. The van der Waals surface area contributed by atoms with Crippen molar-refractivity contribution >= 4 is 34.7 Å². The molecule has 0 spiro atoms. The maximum atomic E-state index is 11.1. The third-order valence-corrected chi connectivity index (χ3v) is 4.04. The van der Waals surface area contributed by atoms with E-state index in [1.54, 1.807) is 18.3 Å². The Hall–Kier alpha value is -3.48. The summed E-state index contributed by atoms with van der Waals surface area (Å²) in [7, 11) is 0. The summed E-state index contributed by atoms with van der Waals surface area (Å²) in [6.45, 7) is 8.03. The molecule has 0 fully saturated rings. The molecule has 7 heteroatoms. The topological polar surface area (TPSA) is 91.8 Å². The van der Waals surface area contributed by atoms with E-state index >= 15 is 0 Å². The predicted octanol–water partition coefficient (Wildman–Crippen LogP) is 4.61. The SMILES string of the molecule is CC(=O)Nc1ccc(Nc2nncc(Nc3ccc(C(C)(C)C)cc3)n2)cc1. The zero-order valence-electron chi connectivity index (χ0n) is 16.4. The fourth-order valence-electron chi connectivity index (χ4n) is 2.59. The molecule has 0 saturated carbocycles. The van der Waals surface area contributed by atoms with E-state index in [4.69, 9.17) is 0 Å². The van der Waals surface area contributed by atoms with Gasteiger partial charge < -0.3 is 16.0 Å². The van der Waals surface area contributed by atoms with Gasteiger partial charge in [-0.2, -0.15) is 10.1 Å². The second-order valence-corrected chi connectivity index (χ2v) is 7.50. The highest BCUT2D eigenvalue weighted by Crippen LogP contribution is 2.24. The Morgan fingerprint density at radius 3 is 2.04 bits per heavy atom. The molecule has 0 saturated heterocycles. The van der Waals surface area contributed by atoms with Crippen molar-refractivity contribution in [3.63, 3.8) is 0 Å². The zero-order valence-corrected chi connectivity index (χ0v) is 16.4. The van der Waals surface area contributed by atoms with Crippen molar-refractivity contribution < 1.29 is 4.79 Å². The smallest absolute Gasteiger partial charge is 0.249 e. The van der Waals surface area contributed by atoms with Crippen LogP contribution in [0, 0.1) is 0 Å². The number of carbonyl (C=O) groups is 1. The number of benzene rings is 2. The van der Waals surface area contributed by atoms with Crippen LogP contribution in [0.3, 0.4) is 0 Å². The molecule has 0 radical (unpaired) electrons. The summed E-state index contributed by atoms with van der Waals surface area (Å²) in [5, 5.41) is 17.1. The van der Waals surface area contributed by atoms with Gasteiger partial charge in [0, 0.05) is 24.0 Å². The standard InChI is InChI=1S/C21H24N6O/c1-14(28)23-16-9-11-18(12-10-16)25-20-26-19(13-22-27-20)24-17-7-5-15(6-8-17)21(2,3)4/h5-13H,1-4H3,(H,23,28)(H2,24,25,26,27). The molecule has 1 aromatic heterocycles. The number of nitrogens with zero attached hydrogens (tertiary/aromatic N) is 3. The molecule has 0 unspecified atom stereocenters. The third kappa shape index (κ3) is 5.26. The van der Waals surface area contributed by atoms with Crippen LogP contribution in [-0.2, 0) is 10.2 Å². The molecule has 1 amide bonds. The Balaban J connectivity index is 1.67. The Labute approximate surface area is 164 Å². The minimum atomic E-state index is -0.109. The van der Waals surface area contributed by atoms with E-state index < -0.39 is 0 Å². The number of nitrogens with one attached hydrogen (secondary N) is 3. The number of hydrogen-bond donors (Lipinski definition) is 3. The molecule has 1 heterocycles. The van der Waals surface area contributed by atoms with Crippen molar-refractivity contribution in [2.75, 3.05) is 16.0 Å². The minimum absolute atomic E-state index is 0.109. The molecular weight excluding hydrogens is 352 g/mol. The van der Waals surface area contributed by atoms with Crippen LogP contribution in [0.25, 0.3) is 0 Å². The summed E-state index contributed by atoms with van der Waals surface area (Å²) in [4.78, 5) is 15.5. The monoisotopic (exact) mass is 376 g/mol. The number of amides is 1. The number of hydrogen-bond acceptors (Lipinski definition) is 6. The van der Waals surface area contributed by atoms with Crippen molar-refractivity contribution in [3.05, 3.63) is 60.3 Å². The van der Waals surface area contributed by atoms with Gasteiger partial charge in [0.05, 0.1) is 6.20 Å². The molecule has 7 nitrogen and oxygen atoms in total. The van der Waals surface area contributed by atoms with Crippen LogP contribution in [0.4, 0.5) is 28.8 Å². The van der Waals surface area contributed by atoms with Crippen molar-refractivity contribution in [2.24, 2.45) is 0 Å². The van der Waals surface area contributed by atoms with E-state index in [2.05, 4.69) is 64.0 Å². The van der Waals surface area contributed by atoms with Crippen molar-refractivity contribution in [3.8, 4) is 0 Å². The molecule has 0 bridgehead atoms. The lowest BCUT2D eigenvalue weighted by Gasteiger charge is -2.19. The molecule has 0 aliphatic heterocycles. The van der Waals surface area contributed by atoms with E-state index in [9.17, 15) is 4.79 Å². The first-order valence-corrected chi connectivity index (χ1v) is 9.01. The molecule has 144 valence electrons. The van der Waals surface area contributed by atoms with Gasteiger partial charge in [0.1, 0.15) is 0 Å². The van der Waals surface area contributed by atoms with Gasteiger partial charge in [-0.05, 0) is 47.4 Å². The molecule has 3 rings (SSSR count). The number of rotatable bonds is 5. The van der Waals surface area contributed by atoms with E-state index in [0.717, 1.165) is 17.1 Å². The van der Waals surface area contributed by atoms with Crippen LogP contribution in [0.5, 0.6) is 0 Å². The van der Waals surface area contributed by atoms with Crippen molar-refractivity contribution in [1.82, 2.24) is 15.2 Å². The Bertz CT molecular complexity index is 946. The van der Waals surface area contributed by atoms with Crippen LogP contribution < -0.4 is 16.0 Å². The molecule has 0 atom stereocenters. The normalized spacial score (nSPS) is 11.0. The Kier molecular flexibility index (Phi) is 5.54. The van der Waals surface area contributed by atoms with Crippen LogP contribution in [0.15, 0.2) is 54.7 Å². The van der Waals surface area contributed by atoms with Gasteiger partial charge >= 0.3 is 0 Å². The van der Waals surface area contributed by atoms with Crippen molar-refractivity contribution in [1.29, 1.82) is 0 Å². The van der Waals surface area contributed by atoms with E-state index in [1.165, 1.54) is 12.5 Å². The molecule has 3 N–H and O–H groups in total. The predicted molar refractivity (Wildman–Crippen MR) is 112 cm³/mol. The first-order valence-electron chi connectivity index (χ1n) is 9.01. The molecule has 28 heavy (non-hydrogen) atoms. The summed E-state index contributed by atoms with van der Waals surface area (Å²) in [5.74, 6) is 0.863. The number of aromatic nitrogens is 3. The number of carbonyl (C=O) groups excluding carboxylic acids is 1. The summed E-state index contributed by atoms with van der Waals surface area (Å²) in [5.41, 5.74) is 3.83. The highest BCUT2D eigenvalue weighted by molar-refractivity contribution is 5.88. The molecule has 0 aliphatic rings. The van der Waals surface area contributed by atoms with Gasteiger partial charge in [-0.3, -0.25) is 4.79 Å². The first kappa shape index (κ1) is 19.3. The average molecular weight is 376 g/mol. The highest BCUT2D eigenvalue weighted by Gasteiger charge is 2.13.